The molecule has 0 atom stereocenters. The first-order valence-corrected chi connectivity index (χ1v) is 12.1. The molecular weight excluding hydrogens is 555 g/mol. The van der Waals surface area contributed by atoms with Gasteiger partial charge in [-0.2, -0.15) is 18.3 Å². The minimum absolute atomic E-state index is 0.0211. The molecule has 3 N–H and O–H groups in total. The van der Waals surface area contributed by atoms with Crippen LogP contribution in [0.2, 0.25) is 5.02 Å². The van der Waals surface area contributed by atoms with E-state index in [0.717, 1.165) is 23.3 Å². The molecule has 0 saturated carbocycles. The molecule has 0 radical (unpaired) electrons. The van der Waals surface area contributed by atoms with Gasteiger partial charge in [-0.25, -0.2) is 8.78 Å². The Kier molecular flexibility index (Phi) is 5.91. The van der Waals surface area contributed by atoms with Crippen molar-refractivity contribution in [2.75, 3.05) is 11.1 Å². The van der Waals surface area contributed by atoms with Crippen LogP contribution in [-0.2, 0) is 12.7 Å². The number of aromatic nitrogens is 2. The van der Waals surface area contributed by atoms with Crippen LogP contribution in [0, 0.1) is 11.6 Å². The molecule has 6 rings (SSSR count). The zero-order valence-electron chi connectivity index (χ0n) is 20.1. The molecule has 5 aromatic rings. The predicted molar refractivity (Wildman–Crippen MR) is 140 cm³/mol. The van der Waals surface area contributed by atoms with Crippen molar-refractivity contribution in [3.05, 3.63) is 100 Å². The van der Waals surface area contributed by atoms with E-state index in [9.17, 15) is 26.7 Å². The van der Waals surface area contributed by atoms with E-state index in [0.29, 0.717) is 35.8 Å². The molecule has 12 heteroatoms. The molecule has 0 bridgehead atoms. The molecule has 0 spiro atoms. The van der Waals surface area contributed by atoms with Crippen LogP contribution in [0.1, 0.15) is 21.5 Å². The van der Waals surface area contributed by atoms with Gasteiger partial charge in [0.1, 0.15) is 17.4 Å². The minimum Gasteiger partial charge on any atom is -0.453 e. The molecule has 1 aliphatic heterocycles. The Morgan fingerprint density at radius 1 is 1.00 bits per heavy atom. The smallest absolute Gasteiger partial charge is 0.416 e. The van der Waals surface area contributed by atoms with Gasteiger partial charge in [0.15, 0.2) is 11.6 Å². The van der Waals surface area contributed by atoms with E-state index in [-0.39, 0.29) is 33.4 Å². The number of anilines is 2. The van der Waals surface area contributed by atoms with Crippen molar-refractivity contribution in [2.45, 2.75) is 12.7 Å². The summed E-state index contributed by atoms with van der Waals surface area (Å²) in [5.74, 6) is -3.12. The van der Waals surface area contributed by atoms with Gasteiger partial charge < -0.3 is 15.8 Å². The molecule has 202 valence electrons. The number of amides is 1. The lowest BCUT2D eigenvalue weighted by Crippen LogP contribution is -2.16. The second-order valence-corrected chi connectivity index (χ2v) is 9.49. The van der Waals surface area contributed by atoms with Gasteiger partial charge in [0.2, 0.25) is 0 Å². The number of carbonyl (C=O) groups is 1. The lowest BCUT2D eigenvalue weighted by molar-refractivity contribution is -0.137. The Balaban J connectivity index is 1.56. The number of hydrogen-bond acceptors (Lipinski definition) is 4. The van der Waals surface area contributed by atoms with Gasteiger partial charge in [-0.1, -0.05) is 35.9 Å². The number of carbonyl (C=O) groups excluding carboxylic acids is 1. The number of nitrogens with two attached hydrogens (primary N) is 1. The zero-order chi connectivity index (χ0) is 28.3. The molecule has 1 amide bonds. The van der Waals surface area contributed by atoms with Crippen LogP contribution in [-0.4, -0.2) is 15.7 Å². The van der Waals surface area contributed by atoms with E-state index >= 15 is 0 Å². The fourth-order valence-corrected chi connectivity index (χ4v) is 4.89. The summed E-state index contributed by atoms with van der Waals surface area (Å²) in [6, 6.07) is 13.9. The third-order valence-corrected chi connectivity index (χ3v) is 6.78. The van der Waals surface area contributed by atoms with Gasteiger partial charge in [0.25, 0.3) is 5.91 Å². The molecule has 1 aliphatic rings. The second kappa shape index (κ2) is 9.23. The van der Waals surface area contributed by atoms with Gasteiger partial charge >= 0.3 is 6.18 Å². The minimum atomic E-state index is -4.88. The van der Waals surface area contributed by atoms with Crippen molar-refractivity contribution in [1.29, 1.82) is 0 Å². The number of nitrogen functional groups attached to an aromatic ring is 1. The number of ether oxygens (including phenoxy) is 1. The summed E-state index contributed by atoms with van der Waals surface area (Å²) >= 11 is 6.23. The normalized spacial score (nSPS) is 12.3. The average Bonchev–Trinajstić information content (AvgIpc) is 3.23. The van der Waals surface area contributed by atoms with Crippen molar-refractivity contribution in [3.8, 4) is 22.6 Å². The van der Waals surface area contributed by atoms with Crippen LogP contribution in [0.15, 0.2) is 66.7 Å². The van der Waals surface area contributed by atoms with Crippen molar-refractivity contribution in [2.24, 2.45) is 0 Å². The van der Waals surface area contributed by atoms with E-state index < -0.39 is 34.8 Å². The lowest BCUT2D eigenvalue weighted by Gasteiger charge is -2.22. The molecular formula is C28H16ClF5N4O2. The number of benzene rings is 4. The molecule has 6 nitrogen and oxygen atoms in total. The molecule has 40 heavy (non-hydrogen) atoms. The molecule has 1 aromatic heterocycles. The standard InChI is InChI=1S/C28H16ClF5N4O2/c29-20-6-5-16(30)10-22(20)40-25-21(36-27(39)14-7-15(28(32,33)34)9-17(31)8-14)11-19-18-4-2-1-3-13(18)12-38-24(19)23(25)26(35)37-38/h1-11H,12H2,(H2,35,37)(H,36,39). The third-order valence-electron chi connectivity index (χ3n) is 6.46. The first-order valence-electron chi connectivity index (χ1n) is 11.7. The highest BCUT2D eigenvalue weighted by atomic mass is 35.5. The maximum atomic E-state index is 14.1. The Bertz CT molecular complexity index is 1850. The van der Waals surface area contributed by atoms with Crippen LogP contribution < -0.4 is 15.8 Å². The monoisotopic (exact) mass is 570 g/mol. The van der Waals surface area contributed by atoms with E-state index in [2.05, 4.69) is 10.4 Å². The average molecular weight is 571 g/mol. The van der Waals surface area contributed by atoms with Gasteiger partial charge in [-0.3, -0.25) is 9.48 Å². The number of fused-ring (bicyclic) bond motifs is 2. The van der Waals surface area contributed by atoms with Crippen LogP contribution in [0.4, 0.5) is 33.5 Å². The zero-order valence-corrected chi connectivity index (χ0v) is 20.9. The van der Waals surface area contributed by atoms with Crippen molar-refractivity contribution in [3.63, 3.8) is 0 Å². The number of halogens is 6. The first kappa shape index (κ1) is 25.6. The molecule has 0 saturated heterocycles. The summed E-state index contributed by atoms with van der Waals surface area (Å²) in [5, 5.41) is 7.23. The van der Waals surface area contributed by atoms with E-state index in [1.165, 1.54) is 6.07 Å². The van der Waals surface area contributed by atoms with Crippen LogP contribution in [0.3, 0.4) is 0 Å². The fourth-order valence-electron chi connectivity index (χ4n) is 4.74. The topological polar surface area (TPSA) is 82.2 Å². The van der Waals surface area contributed by atoms with E-state index in [1.807, 2.05) is 24.3 Å². The number of alkyl halides is 3. The molecule has 0 unspecified atom stereocenters. The molecule has 2 heterocycles. The van der Waals surface area contributed by atoms with Crippen molar-refractivity contribution >= 4 is 39.9 Å². The summed E-state index contributed by atoms with van der Waals surface area (Å²) in [7, 11) is 0. The molecule has 0 aliphatic carbocycles. The Hall–Kier alpha value is -4.64. The predicted octanol–water partition coefficient (Wildman–Crippen LogP) is 7.64. The van der Waals surface area contributed by atoms with Crippen LogP contribution in [0.5, 0.6) is 11.5 Å². The van der Waals surface area contributed by atoms with Crippen molar-refractivity contribution in [1.82, 2.24) is 9.78 Å². The second-order valence-electron chi connectivity index (χ2n) is 9.08. The van der Waals surface area contributed by atoms with E-state index in [1.54, 1.807) is 10.7 Å². The maximum absolute atomic E-state index is 14.1. The Morgan fingerprint density at radius 2 is 1.77 bits per heavy atom. The summed E-state index contributed by atoms with van der Waals surface area (Å²) in [5.41, 5.74) is 7.21. The number of nitrogens with one attached hydrogen (secondary N) is 1. The SMILES string of the molecule is Nc1nn2c3c(cc(NC(=O)c4cc(F)cc(C(F)(F)F)c4)c(Oc4cc(F)ccc4Cl)c13)-c1ccccc1C2. The number of hydrogen-bond donors (Lipinski definition) is 2. The van der Waals surface area contributed by atoms with Gasteiger partial charge in [-0.15, -0.1) is 0 Å². The fraction of sp³-hybridized carbons (Fsp3) is 0.0714. The van der Waals surface area contributed by atoms with Crippen molar-refractivity contribution < 1.29 is 31.5 Å². The lowest BCUT2D eigenvalue weighted by atomic mass is 9.94. The summed E-state index contributed by atoms with van der Waals surface area (Å²) in [6.45, 7) is 0.381. The highest BCUT2D eigenvalue weighted by Crippen LogP contribution is 2.48. The summed E-state index contributed by atoms with van der Waals surface area (Å²) in [6.07, 6.45) is -4.88. The molecule has 4 aromatic carbocycles. The summed E-state index contributed by atoms with van der Waals surface area (Å²) < 4.78 is 75.7. The highest BCUT2D eigenvalue weighted by molar-refractivity contribution is 6.32. The third kappa shape index (κ3) is 4.37. The summed E-state index contributed by atoms with van der Waals surface area (Å²) in [4.78, 5) is 13.2. The Labute approximate surface area is 227 Å². The van der Waals surface area contributed by atoms with Gasteiger partial charge in [0, 0.05) is 17.2 Å². The van der Waals surface area contributed by atoms with E-state index in [4.69, 9.17) is 22.1 Å². The quantitative estimate of drug-likeness (QED) is 0.213. The van der Waals surface area contributed by atoms with Gasteiger partial charge in [0.05, 0.1) is 33.7 Å². The molecule has 0 fully saturated rings. The van der Waals surface area contributed by atoms with Crippen LogP contribution in [0.25, 0.3) is 22.0 Å². The Morgan fingerprint density at radius 3 is 2.55 bits per heavy atom. The first-order chi connectivity index (χ1) is 19.0. The van der Waals surface area contributed by atoms with Gasteiger partial charge in [-0.05, 0) is 47.5 Å². The van der Waals surface area contributed by atoms with Crippen LogP contribution >= 0.6 is 11.6 Å². The number of nitrogens with zero attached hydrogens (tertiary/aromatic N) is 2. The largest absolute Gasteiger partial charge is 0.453 e. The maximum Gasteiger partial charge on any atom is 0.416 e. The highest BCUT2D eigenvalue weighted by Gasteiger charge is 2.33. The number of rotatable bonds is 4.